The number of benzene rings is 1. The minimum atomic E-state index is -0.253. The van der Waals surface area contributed by atoms with Crippen LogP contribution in [0.1, 0.15) is 35.2 Å². The highest BCUT2D eigenvalue weighted by atomic mass is 16.2. The number of nitrogens with one attached hydrogen (secondary N) is 1. The third-order valence-corrected chi connectivity index (χ3v) is 5.63. The Bertz CT molecular complexity index is 1020. The molecule has 3 heterocycles. The number of hydrogen-bond acceptors (Lipinski definition) is 6. The fourth-order valence-electron chi connectivity index (χ4n) is 3.79. The molecule has 1 unspecified atom stereocenters. The molecule has 3 aromatic rings. The summed E-state index contributed by atoms with van der Waals surface area (Å²) >= 11 is 0. The second-order valence-electron chi connectivity index (χ2n) is 8.06. The first-order valence-electron chi connectivity index (χ1n) is 10.5. The van der Waals surface area contributed by atoms with Crippen LogP contribution in [-0.4, -0.2) is 69.2 Å². The van der Waals surface area contributed by atoms with Gasteiger partial charge in [0.25, 0.3) is 11.7 Å². The molecule has 0 spiro atoms. The van der Waals surface area contributed by atoms with Gasteiger partial charge < -0.3 is 10.2 Å². The van der Waals surface area contributed by atoms with E-state index in [2.05, 4.69) is 61.4 Å². The van der Waals surface area contributed by atoms with Gasteiger partial charge in [0, 0.05) is 56.3 Å². The maximum Gasteiger partial charge on any atom is 0.291 e. The molecule has 1 N–H and O–H groups in total. The molecule has 30 heavy (non-hydrogen) atoms. The van der Waals surface area contributed by atoms with Gasteiger partial charge in [0.2, 0.25) is 5.82 Å². The summed E-state index contributed by atoms with van der Waals surface area (Å²) in [6.45, 7) is 11.2. The molecular formula is C22H29N7O. The molecule has 2 aromatic heterocycles. The van der Waals surface area contributed by atoms with Gasteiger partial charge in [-0.2, -0.15) is 4.98 Å². The minimum absolute atomic E-state index is 0.0490. The first-order valence-corrected chi connectivity index (χ1v) is 10.5. The molecule has 0 bridgehead atoms. The van der Waals surface area contributed by atoms with E-state index in [9.17, 15) is 4.79 Å². The third kappa shape index (κ3) is 4.59. The first kappa shape index (κ1) is 20.3. The molecule has 1 atom stereocenters. The fraction of sp³-hybridized carbons (Fsp3) is 0.455. The number of amides is 1. The van der Waals surface area contributed by atoms with E-state index in [0.29, 0.717) is 5.78 Å². The van der Waals surface area contributed by atoms with Crippen molar-refractivity contribution in [1.29, 1.82) is 0 Å². The van der Waals surface area contributed by atoms with E-state index in [4.69, 9.17) is 0 Å². The van der Waals surface area contributed by atoms with E-state index in [0.717, 1.165) is 44.8 Å². The van der Waals surface area contributed by atoms with Crippen LogP contribution in [-0.2, 0) is 0 Å². The van der Waals surface area contributed by atoms with Crippen LogP contribution >= 0.6 is 0 Å². The number of carbonyl (C=O) groups is 1. The second-order valence-corrected chi connectivity index (χ2v) is 8.06. The molecule has 158 valence electrons. The summed E-state index contributed by atoms with van der Waals surface area (Å²) in [4.78, 5) is 25.8. The van der Waals surface area contributed by atoms with Gasteiger partial charge in [-0.1, -0.05) is 12.1 Å². The van der Waals surface area contributed by atoms with E-state index in [-0.39, 0.29) is 17.8 Å². The van der Waals surface area contributed by atoms with Crippen molar-refractivity contribution in [3.8, 4) is 0 Å². The van der Waals surface area contributed by atoms with Crippen LogP contribution in [0.5, 0.6) is 0 Å². The minimum Gasteiger partial charge on any atom is -0.369 e. The van der Waals surface area contributed by atoms with E-state index in [1.54, 1.807) is 10.7 Å². The quantitative estimate of drug-likeness (QED) is 0.674. The molecule has 1 aliphatic heterocycles. The average Bonchev–Trinajstić information content (AvgIpc) is 3.19. The van der Waals surface area contributed by atoms with Gasteiger partial charge in [-0.05, 0) is 51.0 Å². The van der Waals surface area contributed by atoms with Crippen molar-refractivity contribution in [2.45, 2.75) is 33.2 Å². The summed E-state index contributed by atoms with van der Waals surface area (Å²) in [6.07, 6.45) is 2.56. The highest BCUT2D eigenvalue weighted by Crippen LogP contribution is 2.18. The van der Waals surface area contributed by atoms with Gasteiger partial charge >= 0.3 is 0 Å². The van der Waals surface area contributed by atoms with Crippen molar-refractivity contribution in [2.75, 3.05) is 37.6 Å². The molecule has 1 amide bonds. The molecule has 1 saturated heterocycles. The van der Waals surface area contributed by atoms with Crippen molar-refractivity contribution in [1.82, 2.24) is 29.8 Å². The number of hydrogen-bond donors (Lipinski definition) is 1. The SMILES string of the molecule is Cc1cccc(N2CCN(CCC(C)NC(=O)c3nc4nccc(C)n4n3)CC2)c1. The zero-order valence-electron chi connectivity index (χ0n) is 17.9. The summed E-state index contributed by atoms with van der Waals surface area (Å²) in [6, 6.07) is 10.6. The maximum absolute atomic E-state index is 12.5. The summed E-state index contributed by atoms with van der Waals surface area (Å²) < 4.78 is 1.59. The van der Waals surface area contributed by atoms with E-state index < -0.39 is 0 Å². The molecule has 1 aromatic carbocycles. The normalized spacial score (nSPS) is 16.0. The standard InChI is InChI=1S/C22H29N7O/c1-16-5-4-6-19(15-16)28-13-11-27(12-14-28)10-8-17(2)24-21(30)20-25-22-23-9-7-18(3)29(22)26-20/h4-7,9,15,17H,8,10-14H2,1-3H3,(H,24,30). The highest BCUT2D eigenvalue weighted by Gasteiger charge is 2.20. The largest absolute Gasteiger partial charge is 0.369 e. The number of rotatable bonds is 6. The van der Waals surface area contributed by atoms with Gasteiger partial charge in [-0.25, -0.2) is 9.50 Å². The average molecular weight is 408 g/mol. The van der Waals surface area contributed by atoms with Crippen LogP contribution < -0.4 is 10.2 Å². The number of fused-ring (bicyclic) bond motifs is 1. The Labute approximate surface area is 176 Å². The Morgan fingerprint density at radius 1 is 1.17 bits per heavy atom. The number of aryl methyl sites for hydroxylation is 2. The molecule has 0 radical (unpaired) electrons. The molecule has 0 saturated carbocycles. The zero-order chi connectivity index (χ0) is 21.1. The van der Waals surface area contributed by atoms with Crippen LogP contribution in [0.2, 0.25) is 0 Å². The van der Waals surface area contributed by atoms with Crippen LogP contribution in [0.15, 0.2) is 36.5 Å². The van der Waals surface area contributed by atoms with E-state index in [1.165, 1.54) is 11.3 Å². The number of carbonyl (C=O) groups excluding carboxylic acids is 1. The molecule has 8 heteroatoms. The van der Waals surface area contributed by atoms with Crippen molar-refractivity contribution in [3.05, 3.63) is 53.6 Å². The van der Waals surface area contributed by atoms with Crippen LogP contribution in [0.4, 0.5) is 5.69 Å². The smallest absolute Gasteiger partial charge is 0.291 e. The summed E-state index contributed by atoms with van der Waals surface area (Å²) in [7, 11) is 0. The maximum atomic E-state index is 12.5. The predicted octanol–water partition coefficient (Wildman–Crippen LogP) is 2.07. The summed E-state index contributed by atoms with van der Waals surface area (Å²) in [5.41, 5.74) is 3.50. The van der Waals surface area contributed by atoms with Crippen LogP contribution in [0.25, 0.3) is 5.78 Å². The van der Waals surface area contributed by atoms with E-state index >= 15 is 0 Å². The molecule has 1 aliphatic rings. The van der Waals surface area contributed by atoms with Gasteiger partial charge in [-0.3, -0.25) is 9.69 Å². The van der Waals surface area contributed by atoms with Crippen molar-refractivity contribution in [2.24, 2.45) is 0 Å². The number of aromatic nitrogens is 4. The monoisotopic (exact) mass is 407 g/mol. The van der Waals surface area contributed by atoms with Crippen LogP contribution in [0.3, 0.4) is 0 Å². The molecule has 1 fully saturated rings. The topological polar surface area (TPSA) is 78.7 Å². The Hall–Kier alpha value is -3.00. The van der Waals surface area contributed by atoms with Crippen molar-refractivity contribution >= 4 is 17.4 Å². The molecule has 0 aliphatic carbocycles. The molecule has 4 rings (SSSR count). The van der Waals surface area contributed by atoms with Gasteiger partial charge in [0.15, 0.2) is 0 Å². The van der Waals surface area contributed by atoms with E-state index in [1.807, 2.05) is 19.9 Å². The zero-order valence-corrected chi connectivity index (χ0v) is 17.9. The van der Waals surface area contributed by atoms with Gasteiger partial charge in [0.05, 0.1) is 0 Å². The Morgan fingerprint density at radius 3 is 2.70 bits per heavy atom. The lowest BCUT2D eigenvalue weighted by molar-refractivity contribution is 0.0925. The fourth-order valence-corrected chi connectivity index (χ4v) is 3.79. The Morgan fingerprint density at radius 2 is 1.97 bits per heavy atom. The molecule has 8 nitrogen and oxygen atoms in total. The number of piperazine rings is 1. The third-order valence-electron chi connectivity index (χ3n) is 5.63. The number of anilines is 1. The Balaban J connectivity index is 1.24. The lowest BCUT2D eigenvalue weighted by atomic mass is 10.1. The Kier molecular flexibility index (Phi) is 5.94. The van der Waals surface area contributed by atoms with Crippen LogP contribution in [0, 0.1) is 13.8 Å². The lowest BCUT2D eigenvalue weighted by Gasteiger charge is -2.36. The molecular weight excluding hydrogens is 378 g/mol. The predicted molar refractivity (Wildman–Crippen MR) is 117 cm³/mol. The second kappa shape index (κ2) is 8.79. The highest BCUT2D eigenvalue weighted by molar-refractivity contribution is 5.91. The van der Waals surface area contributed by atoms with Crippen molar-refractivity contribution < 1.29 is 4.79 Å². The van der Waals surface area contributed by atoms with Crippen molar-refractivity contribution in [3.63, 3.8) is 0 Å². The number of nitrogens with zero attached hydrogens (tertiary/aromatic N) is 6. The summed E-state index contributed by atoms with van der Waals surface area (Å²) in [5, 5.41) is 7.29. The summed E-state index contributed by atoms with van der Waals surface area (Å²) in [5.74, 6) is 0.353. The van der Waals surface area contributed by atoms with Gasteiger partial charge in [0.1, 0.15) is 0 Å². The lowest BCUT2D eigenvalue weighted by Crippen LogP contribution is -2.47. The van der Waals surface area contributed by atoms with Gasteiger partial charge in [-0.15, -0.1) is 5.10 Å². The first-order chi connectivity index (χ1) is 14.5.